The van der Waals surface area contributed by atoms with Gasteiger partial charge >= 0.3 is 5.97 Å². The molecule has 0 radical (unpaired) electrons. The van der Waals surface area contributed by atoms with Gasteiger partial charge in [-0.3, -0.25) is 9.79 Å². The average molecular weight is 428 g/mol. The number of nitrogens with zero attached hydrogens (tertiary/aromatic N) is 2. The molecule has 9 heteroatoms. The molecule has 1 amide bonds. The Morgan fingerprint density at radius 1 is 1.40 bits per heavy atom. The van der Waals surface area contributed by atoms with Gasteiger partial charge in [-0.05, 0) is 39.0 Å². The van der Waals surface area contributed by atoms with Crippen LogP contribution in [0.5, 0.6) is 0 Å². The molecule has 8 nitrogen and oxygen atoms in total. The van der Waals surface area contributed by atoms with Crippen molar-refractivity contribution in [3.8, 4) is 12.3 Å². The van der Waals surface area contributed by atoms with Crippen LogP contribution in [-0.2, 0) is 9.53 Å². The minimum absolute atomic E-state index is 0.0116. The van der Waals surface area contributed by atoms with Crippen molar-refractivity contribution in [2.75, 3.05) is 25.5 Å². The summed E-state index contributed by atoms with van der Waals surface area (Å²) in [6.45, 7) is 5.75. The number of nitrogens with one attached hydrogen (secondary N) is 3. The summed E-state index contributed by atoms with van der Waals surface area (Å²) < 4.78 is 5.05. The van der Waals surface area contributed by atoms with Gasteiger partial charge in [0.1, 0.15) is 9.88 Å². The molecule has 0 fully saturated rings. The second kappa shape index (κ2) is 11.0. The van der Waals surface area contributed by atoms with E-state index in [-0.39, 0.29) is 24.5 Å². The highest BCUT2D eigenvalue weighted by Gasteiger charge is 2.20. The van der Waals surface area contributed by atoms with Crippen LogP contribution in [0.25, 0.3) is 0 Å². The molecule has 0 saturated carbocycles. The van der Waals surface area contributed by atoms with Crippen LogP contribution in [0, 0.1) is 19.3 Å². The van der Waals surface area contributed by atoms with Gasteiger partial charge < -0.3 is 20.7 Å². The molecule has 1 unspecified atom stereocenters. The smallest absolute Gasteiger partial charge is 0.350 e. The van der Waals surface area contributed by atoms with Crippen LogP contribution in [0.4, 0.5) is 5.69 Å². The Hall–Kier alpha value is -3.38. The van der Waals surface area contributed by atoms with E-state index in [4.69, 9.17) is 11.2 Å². The van der Waals surface area contributed by atoms with Crippen LogP contribution in [0.1, 0.15) is 45.8 Å². The predicted octanol–water partition coefficient (Wildman–Crippen LogP) is 2.47. The highest BCUT2D eigenvalue weighted by atomic mass is 32.1. The molecular weight excluding hydrogens is 402 g/mol. The first-order chi connectivity index (χ1) is 14.4. The predicted molar refractivity (Wildman–Crippen MR) is 119 cm³/mol. The van der Waals surface area contributed by atoms with Crippen LogP contribution in [-0.4, -0.2) is 43.0 Å². The molecule has 2 rings (SSSR count). The highest BCUT2D eigenvalue weighted by Crippen LogP contribution is 2.24. The van der Waals surface area contributed by atoms with Gasteiger partial charge in [-0.1, -0.05) is 12.0 Å². The zero-order valence-corrected chi connectivity index (χ0v) is 18.2. The molecule has 30 heavy (non-hydrogen) atoms. The third-order valence-electron chi connectivity index (χ3n) is 3.95. The number of aliphatic imine (C=N–C) groups is 1. The van der Waals surface area contributed by atoms with E-state index in [1.807, 2.05) is 6.92 Å². The molecule has 1 aromatic carbocycles. The lowest BCUT2D eigenvalue weighted by Crippen LogP contribution is -2.42. The van der Waals surface area contributed by atoms with Crippen LogP contribution in [0.15, 0.2) is 29.3 Å². The van der Waals surface area contributed by atoms with Gasteiger partial charge in [0.15, 0.2) is 5.96 Å². The van der Waals surface area contributed by atoms with E-state index in [1.165, 1.54) is 11.3 Å². The summed E-state index contributed by atoms with van der Waals surface area (Å²) in [5.41, 5.74) is 1.94. The van der Waals surface area contributed by atoms with E-state index < -0.39 is 0 Å². The molecule has 0 aliphatic carbocycles. The summed E-state index contributed by atoms with van der Waals surface area (Å²) in [5, 5.41) is 9.61. The maximum atomic E-state index is 12.2. The molecule has 1 heterocycles. The topological polar surface area (TPSA) is 105 Å². The van der Waals surface area contributed by atoms with Crippen molar-refractivity contribution in [3.05, 3.63) is 45.4 Å². The van der Waals surface area contributed by atoms with E-state index in [0.29, 0.717) is 39.4 Å². The zero-order valence-electron chi connectivity index (χ0n) is 17.4. The SMILES string of the molecule is C#Cc1cccc(NC(=O)CNC(=NC)NC(C)c2nc(C)c(C(=O)OCC)s2)c1. The molecule has 3 N–H and O–H groups in total. The fourth-order valence-corrected chi connectivity index (χ4v) is 3.47. The summed E-state index contributed by atoms with van der Waals surface area (Å²) in [5.74, 6) is 2.34. The Kier molecular flexibility index (Phi) is 8.38. The summed E-state index contributed by atoms with van der Waals surface area (Å²) >= 11 is 1.27. The van der Waals surface area contributed by atoms with Crippen molar-refractivity contribution in [1.29, 1.82) is 0 Å². The third kappa shape index (κ3) is 6.32. The Balaban J connectivity index is 1.92. The van der Waals surface area contributed by atoms with Gasteiger partial charge in [0.2, 0.25) is 5.91 Å². The lowest BCUT2D eigenvalue weighted by molar-refractivity contribution is -0.115. The van der Waals surface area contributed by atoms with E-state index in [2.05, 4.69) is 31.8 Å². The van der Waals surface area contributed by atoms with Gasteiger partial charge in [0.05, 0.1) is 24.9 Å². The molecule has 158 valence electrons. The van der Waals surface area contributed by atoms with E-state index in [9.17, 15) is 9.59 Å². The van der Waals surface area contributed by atoms with Crippen molar-refractivity contribution >= 4 is 34.9 Å². The summed E-state index contributed by atoms with van der Waals surface area (Å²) in [4.78, 5) is 33.2. The number of carbonyl (C=O) groups is 2. The largest absolute Gasteiger partial charge is 0.462 e. The maximum absolute atomic E-state index is 12.2. The number of terminal acetylenes is 1. The number of amides is 1. The standard InChI is InChI=1S/C21H25N5O3S/c1-6-15-9-8-10-16(11-15)26-17(27)12-23-21(22-5)25-14(4)19-24-13(3)18(30-19)20(28)29-7-2/h1,8-11,14H,7,12H2,2-5H3,(H,26,27)(H2,22,23,25). The second-order valence-electron chi connectivity index (χ2n) is 6.25. The Morgan fingerprint density at radius 3 is 2.83 bits per heavy atom. The number of guanidine groups is 1. The third-order valence-corrected chi connectivity index (χ3v) is 5.27. The highest BCUT2D eigenvalue weighted by molar-refractivity contribution is 7.13. The second-order valence-corrected chi connectivity index (χ2v) is 7.28. The van der Waals surface area contributed by atoms with E-state index in [1.54, 1.807) is 45.2 Å². The lowest BCUT2D eigenvalue weighted by atomic mass is 10.2. The molecule has 1 atom stereocenters. The molecule has 1 aromatic heterocycles. The number of esters is 1. The van der Waals surface area contributed by atoms with Crippen LogP contribution in [0.2, 0.25) is 0 Å². The molecule has 2 aromatic rings. The van der Waals surface area contributed by atoms with Gasteiger partial charge in [-0.25, -0.2) is 9.78 Å². The number of hydrogen-bond acceptors (Lipinski definition) is 6. The average Bonchev–Trinajstić information content (AvgIpc) is 3.13. The monoisotopic (exact) mass is 427 g/mol. The van der Waals surface area contributed by atoms with Crippen LogP contribution < -0.4 is 16.0 Å². The fraction of sp³-hybridized carbons (Fsp3) is 0.333. The molecule has 0 bridgehead atoms. The van der Waals surface area contributed by atoms with Gasteiger partial charge in [-0.15, -0.1) is 17.8 Å². The van der Waals surface area contributed by atoms with Crippen molar-refractivity contribution in [2.24, 2.45) is 4.99 Å². The van der Waals surface area contributed by atoms with Crippen molar-refractivity contribution in [1.82, 2.24) is 15.6 Å². The maximum Gasteiger partial charge on any atom is 0.350 e. The number of aromatic nitrogens is 1. The molecular formula is C21H25N5O3S. The number of carbonyl (C=O) groups excluding carboxylic acids is 2. The number of aryl methyl sites for hydroxylation is 1. The van der Waals surface area contributed by atoms with Gasteiger partial charge in [0, 0.05) is 18.3 Å². The normalized spacial score (nSPS) is 11.9. The zero-order chi connectivity index (χ0) is 22.1. The van der Waals surface area contributed by atoms with Crippen molar-refractivity contribution < 1.29 is 14.3 Å². The number of anilines is 1. The Morgan fingerprint density at radius 2 is 2.17 bits per heavy atom. The number of ether oxygens (including phenoxy) is 1. The van der Waals surface area contributed by atoms with Crippen molar-refractivity contribution in [2.45, 2.75) is 26.8 Å². The number of thiazole rings is 1. The first kappa shape index (κ1) is 22.9. The first-order valence-corrected chi connectivity index (χ1v) is 10.2. The molecule has 0 saturated heterocycles. The van der Waals surface area contributed by atoms with Gasteiger partial charge in [0.25, 0.3) is 0 Å². The summed E-state index contributed by atoms with van der Waals surface area (Å²) in [6, 6.07) is 6.83. The molecule has 0 aliphatic heterocycles. The summed E-state index contributed by atoms with van der Waals surface area (Å²) in [7, 11) is 1.60. The Bertz CT molecular complexity index is 977. The quantitative estimate of drug-likeness (QED) is 0.271. The van der Waals surface area contributed by atoms with Crippen LogP contribution >= 0.6 is 11.3 Å². The van der Waals surface area contributed by atoms with Crippen molar-refractivity contribution in [3.63, 3.8) is 0 Å². The van der Waals surface area contributed by atoms with Gasteiger partial charge in [-0.2, -0.15) is 0 Å². The number of benzene rings is 1. The summed E-state index contributed by atoms with van der Waals surface area (Å²) in [6.07, 6.45) is 5.37. The minimum atomic E-state index is -0.376. The Labute approximate surface area is 180 Å². The first-order valence-electron chi connectivity index (χ1n) is 9.36. The number of rotatable bonds is 7. The van der Waals surface area contributed by atoms with E-state index >= 15 is 0 Å². The van der Waals surface area contributed by atoms with E-state index in [0.717, 1.165) is 0 Å². The molecule has 0 spiro atoms. The number of hydrogen-bond donors (Lipinski definition) is 3. The van der Waals surface area contributed by atoms with Crippen LogP contribution in [0.3, 0.4) is 0 Å². The minimum Gasteiger partial charge on any atom is -0.462 e. The fourth-order valence-electron chi connectivity index (χ4n) is 2.51. The lowest BCUT2D eigenvalue weighted by Gasteiger charge is -2.16. The molecule has 0 aliphatic rings.